The molecule has 2 atom stereocenters. The van der Waals surface area contributed by atoms with E-state index in [9.17, 15) is 0 Å². The molecule has 1 saturated heterocycles. The monoisotopic (exact) mass is 259 g/mol. The Balaban J connectivity index is 0.000000637. The van der Waals surface area contributed by atoms with E-state index in [1.54, 1.807) is 11.1 Å². The summed E-state index contributed by atoms with van der Waals surface area (Å²) >= 11 is 0. The smallest absolute Gasteiger partial charge is 0.0121 e. The van der Waals surface area contributed by atoms with Gasteiger partial charge in [-0.25, -0.2) is 0 Å². The molecule has 1 aliphatic carbocycles. The molecule has 1 nitrogen and oxygen atoms in total. The minimum Gasteiger partial charge on any atom is -0.305 e. The molecule has 0 amide bonds. The van der Waals surface area contributed by atoms with Crippen LogP contribution in [0.15, 0.2) is 18.2 Å². The van der Waals surface area contributed by atoms with Gasteiger partial charge in [-0.1, -0.05) is 44.5 Å². The zero-order chi connectivity index (χ0) is 14.0. The average Bonchev–Trinajstić information content (AvgIpc) is 2.78. The van der Waals surface area contributed by atoms with Crippen LogP contribution in [0.25, 0.3) is 0 Å². The number of aryl methyl sites for hydroxylation is 2. The second-order valence-corrected chi connectivity index (χ2v) is 6.10. The molecular formula is C18H29N. The second-order valence-electron chi connectivity index (χ2n) is 6.10. The summed E-state index contributed by atoms with van der Waals surface area (Å²) in [5, 5.41) is 0. The minimum atomic E-state index is 0.453. The van der Waals surface area contributed by atoms with Crippen LogP contribution in [0.1, 0.15) is 50.3 Å². The largest absolute Gasteiger partial charge is 0.305 e. The van der Waals surface area contributed by atoms with E-state index in [0.29, 0.717) is 5.41 Å². The molecule has 0 spiro atoms. The van der Waals surface area contributed by atoms with Crippen molar-refractivity contribution in [1.29, 1.82) is 0 Å². The third-order valence-electron chi connectivity index (χ3n) is 5.06. The number of nitrogens with zero attached hydrogens (tertiary/aromatic N) is 1. The fourth-order valence-electron chi connectivity index (χ4n) is 4.19. The Labute approximate surface area is 119 Å². The van der Waals surface area contributed by atoms with E-state index in [4.69, 9.17) is 0 Å². The fourth-order valence-corrected chi connectivity index (χ4v) is 4.19. The predicted molar refractivity (Wildman–Crippen MR) is 83.8 cm³/mol. The Morgan fingerprint density at radius 2 is 2.05 bits per heavy atom. The van der Waals surface area contributed by atoms with Crippen LogP contribution in [-0.2, 0) is 11.8 Å². The zero-order valence-electron chi connectivity index (χ0n) is 13.3. The minimum absolute atomic E-state index is 0.453. The van der Waals surface area contributed by atoms with Crippen molar-refractivity contribution in [2.75, 3.05) is 20.1 Å². The van der Waals surface area contributed by atoms with Crippen LogP contribution in [0, 0.1) is 12.8 Å². The number of likely N-dealkylation sites (tertiary alicyclic amines) is 1. The maximum absolute atomic E-state index is 2.53. The molecular weight excluding hydrogens is 230 g/mol. The van der Waals surface area contributed by atoms with Crippen molar-refractivity contribution in [1.82, 2.24) is 4.90 Å². The summed E-state index contributed by atoms with van der Waals surface area (Å²) < 4.78 is 0. The highest BCUT2D eigenvalue weighted by molar-refractivity contribution is 5.42. The molecule has 0 radical (unpaired) electrons. The molecule has 1 unspecified atom stereocenters. The zero-order valence-corrected chi connectivity index (χ0v) is 13.3. The second kappa shape index (κ2) is 5.66. The molecule has 0 bridgehead atoms. The van der Waals surface area contributed by atoms with Crippen molar-refractivity contribution in [3.63, 3.8) is 0 Å². The van der Waals surface area contributed by atoms with Crippen molar-refractivity contribution >= 4 is 0 Å². The highest BCUT2D eigenvalue weighted by Gasteiger charge is 2.47. The van der Waals surface area contributed by atoms with Crippen molar-refractivity contribution < 1.29 is 0 Å². The summed E-state index contributed by atoms with van der Waals surface area (Å²) in [7, 11) is 2.28. The van der Waals surface area contributed by atoms with Gasteiger partial charge in [-0.05, 0) is 50.3 Å². The van der Waals surface area contributed by atoms with Crippen LogP contribution in [0.5, 0.6) is 0 Å². The van der Waals surface area contributed by atoms with Gasteiger partial charge >= 0.3 is 0 Å². The van der Waals surface area contributed by atoms with E-state index in [1.807, 2.05) is 13.8 Å². The molecule has 0 aromatic heterocycles. The summed E-state index contributed by atoms with van der Waals surface area (Å²) in [6.07, 6.45) is 3.96. The topological polar surface area (TPSA) is 3.24 Å². The van der Waals surface area contributed by atoms with Gasteiger partial charge < -0.3 is 4.90 Å². The van der Waals surface area contributed by atoms with Crippen LogP contribution >= 0.6 is 0 Å². The predicted octanol–water partition coefficient (Wildman–Crippen LogP) is 4.18. The first-order valence-corrected chi connectivity index (χ1v) is 7.94. The third-order valence-corrected chi connectivity index (χ3v) is 5.06. The Kier molecular flexibility index (Phi) is 4.35. The van der Waals surface area contributed by atoms with Crippen molar-refractivity contribution in [3.8, 4) is 0 Å². The SMILES string of the molecule is CC.CC[C@]12CN(C)CC1CCc1ccc(C)cc12. The number of hydrogen-bond acceptors (Lipinski definition) is 1. The first kappa shape index (κ1) is 14.6. The first-order valence-electron chi connectivity index (χ1n) is 7.94. The van der Waals surface area contributed by atoms with Crippen LogP contribution < -0.4 is 0 Å². The van der Waals surface area contributed by atoms with Crippen molar-refractivity contribution in [3.05, 3.63) is 34.9 Å². The Hall–Kier alpha value is -0.820. The molecule has 1 heterocycles. The third kappa shape index (κ3) is 2.33. The summed E-state index contributed by atoms with van der Waals surface area (Å²) in [5.74, 6) is 0.881. The molecule has 1 aromatic rings. The molecule has 1 heteroatoms. The van der Waals surface area contributed by atoms with Crippen molar-refractivity contribution in [2.24, 2.45) is 5.92 Å². The Morgan fingerprint density at radius 3 is 2.74 bits per heavy atom. The average molecular weight is 259 g/mol. The standard InChI is InChI=1S/C16H23N.C2H6/c1-4-16-11-17(3)10-14(16)8-7-13-6-5-12(2)9-15(13)16;1-2/h5-6,9,14H,4,7-8,10-11H2,1-3H3;1-2H3/t14?,16-;/m0./s1. The Morgan fingerprint density at radius 1 is 1.32 bits per heavy atom. The lowest BCUT2D eigenvalue weighted by molar-refractivity contribution is 0.290. The van der Waals surface area contributed by atoms with Crippen LogP contribution in [0.4, 0.5) is 0 Å². The fraction of sp³-hybridized carbons (Fsp3) is 0.667. The van der Waals surface area contributed by atoms with E-state index >= 15 is 0 Å². The highest BCUT2D eigenvalue weighted by Crippen LogP contribution is 2.48. The van der Waals surface area contributed by atoms with E-state index < -0.39 is 0 Å². The van der Waals surface area contributed by atoms with Crippen LogP contribution in [-0.4, -0.2) is 25.0 Å². The van der Waals surface area contributed by atoms with Gasteiger partial charge in [-0.2, -0.15) is 0 Å². The van der Waals surface area contributed by atoms with E-state index in [-0.39, 0.29) is 0 Å². The van der Waals surface area contributed by atoms with Gasteiger partial charge in [-0.3, -0.25) is 0 Å². The van der Waals surface area contributed by atoms with Gasteiger partial charge in [0.15, 0.2) is 0 Å². The Bertz CT molecular complexity index is 437. The lowest BCUT2D eigenvalue weighted by Crippen LogP contribution is -2.38. The van der Waals surface area contributed by atoms with Crippen LogP contribution in [0.3, 0.4) is 0 Å². The van der Waals surface area contributed by atoms with E-state index in [0.717, 1.165) is 5.92 Å². The maximum atomic E-state index is 2.53. The van der Waals surface area contributed by atoms with Gasteiger partial charge in [0.2, 0.25) is 0 Å². The van der Waals surface area contributed by atoms with Gasteiger partial charge in [0.25, 0.3) is 0 Å². The van der Waals surface area contributed by atoms with E-state index in [1.165, 1.54) is 37.9 Å². The molecule has 19 heavy (non-hydrogen) atoms. The molecule has 0 saturated carbocycles. The number of benzene rings is 1. The summed E-state index contributed by atoms with van der Waals surface area (Å²) in [5.41, 5.74) is 5.16. The van der Waals surface area contributed by atoms with Crippen LogP contribution in [0.2, 0.25) is 0 Å². The molecule has 1 aromatic carbocycles. The lowest BCUT2D eigenvalue weighted by atomic mass is 9.63. The summed E-state index contributed by atoms with van der Waals surface area (Å²) in [6.45, 7) is 11.2. The summed E-state index contributed by atoms with van der Waals surface area (Å²) in [4.78, 5) is 2.53. The van der Waals surface area contributed by atoms with Gasteiger partial charge in [-0.15, -0.1) is 0 Å². The molecule has 1 aliphatic heterocycles. The molecule has 106 valence electrons. The summed E-state index contributed by atoms with van der Waals surface area (Å²) in [6, 6.07) is 7.11. The molecule has 3 rings (SSSR count). The normalized spacial score (nSPS) is 29.2. The molecule has 0 N–H and O–H groups in total. The number of rotatable bonds is 1. The van der Waals surface area contributed by atoms with E-state index in [2.05, 4.69) is 44.0 Å². The number of likely N-dealkylation sites (N-methyl/N-ethyl adjacent to an activating group) is 1. The maximum Gasteiger partial charge on any atom is 0.0121 e. The molecule has 2 aliphatic rings. The van der Waals surface area contributed by atoms with Gasteiger partial charge in [0.1, 0.15) is 0 Å². The van der Waals surface area contributed by atoms with Crippen molar-refractivity contribution in [2.45, 2.75) is 52.4 Å². The quantitative estimate of drug-likeness (QED) is 0.731. The highest BCUT2D eigenvalue weighted by atomic mass is 15.1. The number of hydrogen-bond donors (Lipinski definition) is 0. The lowest BCUT2D eigenvalue weighted by Gasteiger charge is -2.40. The number of fused-ring (bicyclic) bond motifs is 3. The van der Waals surface area contributed by atoms with Gasteiger partial charge in [0, 0.05) is 18.5 Å². The molecule has 1 fully saturated rings. The first-order chi connectivity index (χ1) is 9.15. The van der Waals surface area contributed by atoms with Gasteiger partial charge in [0.05, 0.1) is 0 Å².